The smallest absolute Gasteiger partial charge is 0.288 e. The van der Waals surface area contributed by atoms with Gasteiger partial charge in [0.05, 0.1) is 5.56 Å². The van der Waals surface area contributed by atoms with Gasteiger partial charge in [-0.2, -0.15) is 4.79 Å². The van der Waals surface area contributed by atoms with Gasteiger partial charge in [-0.1, -0.05) is 100 Å². The summed E-state index contributed by atoms with van der Waals surface area (Å²) in [5.74, 6) is 0. The second kappa shape index (κ2) is 10.0. The van der Waals surface area contributed by atoms with E-state index in [1.165, 1.54) is 78.5 Å². The summed E-state index contributed by atoms with van der Waals surface area (Å²) < 4.78 is 0. The molecule has 2 heteroatoms. The van der Waals surface area contributed by atoms with Crippen molar-refractivity contribution in [2.75, 3.05) is 0 Å². The largest absolute Gasteiger partial charge is 0.361 e. The minimum atomic E-state index is 1.00. The Labute approximate surface area is 162 Å². The highest BCUT2D eigenvalue weighted by Crippen LogP contribution is 2.33. The highest BCUT2D eigenvalue weighted by Gasteiger charge is 2.14. The summed E-state index contributed by atoms with van der Waals surface area (Å²) in [6.07, 6.45) is 13.4. The minimum absolute atomic E-state index is 1.00. The lowest BCUT2D eigenvalue weighted by Gasteiger charge is -2.13. The van der Waals surface area contributed by atoms with Crippen LogP contribution in [0.5, 0.6) is 0 Å². The Balaban J connectivity index is 1.82. The van der Waals surface area contributed by atoms with E-state index in [2.05, 4.69) is 60.2 Å². The Kier molecular flexibility index (Phi) is 7.19. The molecule has 3 aromatic carbocycles. The Morgan fingerprint density at radius 1 is 0.704 bits per heavy atom. The van der Waals surface area contributed by atoms with Crippen molar-refractivity contribution in [3.05, 3.63) is 65.2 Å². The predicted molar refractivity (Wildman–Crippen MR) is 117 cm³/mol. The van der Waals surface area contributed by atoms with Gasteiger partial charge in [0.15, 0.2) is 0 Å². The number of aryl methyl sites for hydroxylation is 1. The zero-order valence-corrected chi connectivity index (χ0v) is 16.5. The molecule has 0 heterocycles. The maximum Gasteiger partial charge on any atom is 0.288 e. The van der Waals surface area contributed by atoms with E-state index < -0.39 is 0 Å². The first-order chi connectivity index (χ1) is 13.4. The van der Waals surface area contributed by atoms with Crippen molar-refractivity contribution in [1.29, 1.82) is 0 Å². The molecule has 3 rings (SSSR count). The molecular formula is C25H30N2. The van der Waals surface area contributed by atoms with Crippen molar-refractivity contribution < 1.29 is 4.79 Å². The van der Waals surface area contributed by atoms with E-state index in [-0.39, 0.29) is 0 Å². The van der Waals surface area contributed by atoms with Crippen molar-refractivity contribution >= 4 is 27.8 Å². The molecule has 0 aliphatic carbocycles. The highest BCUT2D eigenvalue weighted by atomic mass is 14.8. The van der Waals surface area contributed by atoms with Crippen LogP contribution in [0, 0.1) is 0 Å². The number of fused-ring (bicyclic) bond motifs is 2. The van der Waals surface area contributed by atoms with Crippen LogP contribution in [0.2, 0.25) is 0 Å². The summed E-state index contributed by atoms with van der Waals surface area (Å²) in [4.78, 5) is 3.33. The van der Waals surface area contributed by atoms with Crippen molar-refractivity contribution in [1.82, 2.24) is 0 Å². The van der Waals surface area contributed by atoms with Crippen molar-refractivity contribution in [2.45, 2.75) is 64.7 Å². The van der Waals surface area contributed by atoms with Gasteiger partial charge in [0.2, 0.25) is 0 Å². The molecule has 0 bridgehead atoms. The Hall–Kier alpha value is -2.44. The highest BCUT2D eigenvalue weighted by molar-refractivity contribution is 6.14. The summed E-state index contributed by atoms with van der Waals surface area (Å²) in [5, 5.41) is 4.91. The molecule has 0 aromatic heterocycles. The molecule has 0 spiro atoms. The third kappa shape index (κ3) is 4.64. The molecule has 0 saturated carbocycles. The average molecular weight is 359 g/mol. The van der Waals surface area contributed by atoms with Crippen LogP contribution < -0.4 is 0 Å². The van der Waals surface area contributed by atoms with Crippen LogP contribution >= 0.6 is 0 Å². The zero-order valence-electron chi connectivity index (χ0n) is 16.5. The van der Waals surface area contributed by atoms with Crippen molar-refractivity contribution in [2.24, 2.45) is 0 Å². The number of nitrogens with zero attached hydrogens (tertiary/aromatic N) is 2. The Bertz CT molecular complexity index is 879. The fourth-order valence-electron chi connectivity index (χ4n) is 4.15. The standard InChI is InChI=1S/C25H30N2/c1-2-3-4-5-6-7-8-9-14-20-21-15-10-12-17-23(21)25(19-27-26)24-18-13-11-16-22(20)24/h10-13,15-19H,2-9,14H2,1H3. The molecule has 3 aromatic rings. The predicted octanol–water partition coefficient (Wildman–Crippen LogP) is 7.32. The lowest BCUT2D eigenvalue weighted by atomic mass is 9.89. The molecule has 0 saturated heterocycles. The number of hydrogen-bond acceptors (Lipinski definition) is 0. The lowest BCUT2D eigenvalue weighted by Crippen LogP contribution is -1.96. The molecule has 0 fully saturated rings. The van der Waals surface area contributed by atoms with Gasteiger partial charge >= 0.3 is 0 Å². The second-order valence-electron chi connectivity index (χ2n) is 7.45. The summed E-state index contributed by atoms with van der Waals surface area (Å²) >= 11 is 0. The maximum absolute atomic E-state index is 9.16. The molecule has 0 aliphatic rings. The minimum Gasteiger partial charge on any atom is -0.361 e. The number of rotatable bonds is 10. The third-order valence-electron chi connectivity index (χ3n) is 5.55. The van der Waals surface area contributed by atoms with Crippen LogP contribution in [0.4, 0.5) is 0 Å². The average Bonchev–Trinajstić information content (AvgIpc) is 2.71. The van der Waals surface area contributed by atoms with Gasteiger partial charge in [0.1, 0.15) is 0 Å². The third-order valence-corrected chi connectivity index (χ3v) is 5.55. The van der Waals surface area contributed by atoms with Crippen LogP contribution in [-0.4, -0.2) is 11.0 Å². The monoisotopic (exact) mass is 358 g/mol. The first kappa shape index (κ1) is 19.3. The van der Waals surface area contributed by atoms with E-state index in [1.54, 1.807) is 6.21 Å². The van der Waals surface area contributed by atoms with Gasteiger partial charge in [-0.15, -0.1) is 0 Å². The quantitative estimate of drug-likeness (QED) is 0.120. The molecular weight excluding hydrogens is 328 g/mol. The first-order valence-corrected chi connectivity index (χ1v) is 10.5. The normalized spacial score (nSPS) is 11.0. The Morgan fingerprint density at radius 2 is 1.19 bits per heavy atom. The summed E-state index contributed by atoms with van der Waals surface area (Å²) in [5.41, 5.74) is 11.6. The lowest BCUT2D eigenvalue weighted by molar-refractivity contribution is 0.00476. The van der Waals surface area contributed by atoms with E-state index in [0.717, 1.165) is 12.0 Å². The molecule has 140 valence electrons. The maximum atomic E-state index is 9.16. The van der Waals surface area contributed by atoms with Crippen LogP contribution in [-0.2, 0) is 6.42 Å². The number of benzene rings is 3. The van der Waals surface area contributed by atoms with Crippen molar-refractivity contribution in [3.63, 3.8) is 0 Å². The molecule has 0 amide bonds. The van der Waals surface area contributed by atoms with Crippen LogP contribution in [0.25, 0.3) is 27.1 Å². The van der Waals surface area contributed by atoms with E-state index in [0.29, 0.717) is 0 Å². The molecule has 0 radical (unpaired) electrons. The Morgan fingerprint density at radius 3 is 1.70 bits per heavy atom. The first-order valence-electron chi connectivity index (χ1n) is 10.5. The summed E-state index contributed by atoms with van der Waals surface area (Å²) in [6, 6.07) is 17.0. The van der Waals surface area contributed by atoms with Gasteiger partial charge < -0.3 is 5.53 Å². The summed E-state index contributed by atoms with van der Waals surface area (Å²) in [6.45, 7) is 2.27. The molecule has 27 heavy (non-hydrogen) atoms. The van der Waals surface area contributed by atoms with Gasteiger partial charge in [-0.05, 0) is 39.9 Å². The molecule has 2 nitrogen and oxygen atoms in total. The van der Waals surface area contributed by atoms with Crippen LogP contribution in [0.1, 0.15) is 69.4 Å². The second-order valence-corrected chi connectivity index (χ2v) is 7.45. The van der Waals surface area contributed by atoms with Crippen LogP contribution in [0.3, 0.4) is 0 Å². The summed E-state index contributed by atoms with van der Waals surface area (Å²) in [7, 11) is 0. The van der Waals surface area contributed by atoms with E-state index in [4.69, 9.17) is 5.53 Å². The number of hydrogen-bond donors (Lipinski definition) is 0. The molecule has 0 unspecified atom stereocenters. The molecule has 0 aliphatic heterocycles. The van der Waals surface area contributed by atoms with Crippen molar-refractivity contribution in [3.8, 4) is 0 Å². The SMILES string of the molecule is CCCCCCCCCCc1c2ccccc2c(C=[N+]=[N-])c2ccccc12. The molecule has 0 atom stereocenters. The van der Waals surface area contributed by atoms with Gasteiger partial charge in [-0.3, -0.25) is 0 Å². The van der Waals surface area contributed by atoms with Crippen LogP contribution in [0.15, 0.2) is 48.5 Å². The van der Waals surface area contributed by atoms with Gasteiger partial charge in [-0.25, -0.2) is 0 Å². The zero-order chi connectivity index (χ0) is 18.9. The van der Waals surface area contributed by atoms with E-state index in [9.17, 15) is 0 Å². The topological polar surface area (TPSA) is 36.4 Å². The molecule has 0 N–H and O–H groups in total. The van der Waals surface area contributed by atoms with E-state index in [1.807, 2.05) is 0 Å². The van der Waals surface area contributed by atoms with E-state index >= 15 is 0 Å². The van der Waals surface area contributed by atoms with Gasteiger partial charge in [0, 0.05) is 0 Å². The fraction of sp³-hybridized carbons (Fsp3) is 0.400. The number of unbranched alkanes of at least 4 members (excludes halogenated alkanes) is 7. The fourth-order valence-corrected chi connectivity index (χ4v) is 4.15. The van der Waals surface area contributed by atoms with Gasteiger partial charge in [0.25, 0.3) is 6.21 Å².